The number of cyclic esters (lactones) is 12. The maximum Gasteiger partial charge on any atom is 0.509 e. The monoisotopic (exact) mass is 1230 g/mol. The standard InChI is InChI=1S/C7H9ClO5.C7H6F4O5.C7H9FO5.C6H7ClO5.C6H5F3O5.C6H7FO5/c8-2-1-3-11-6(9)5-4-12-7(10)13-5;8-5(9)7(10,11)2-15-4(12)3-1-14-6(13)16-3;8-2-1-3-11-6(9)5-4-12-7(10)13-5;7-1-2-10-5(8)4-3-11-6(9)12-4;7-6(8,9)2-13-4(10)3-1-12-5(11)14-3;7-1-2-10-5(8)4-3-11-6(9)12-4/h5H,1-4H2;3,5H,1-2H2;5H,1-4H2;4H,1-3H2;3H,1-2H2;4H,1-3H2. The van der Waals surface area contributed by atoms with Crippen LogP contribution < -0.4 is 0 Å². The van der Waals surface area contributed by atoms with Crippen molar-refractivity contribution in [2.24, 2.45) is 0 Å². The Morgan fingerprint density at radius 1 is 0.412 bits per heavy atom. The van der Waals surface area contributed by atoms with Crippen LogP contribution in [0.4, 0.5) is 68.3 Å². The average molecular weight is 1230 g/mol. The molecular weight excluding hydrogens is 1190 g/mol. The zero-order valence-corrected chi connectivity index (χ0v) is 41.7. The molecule has 6 aliphatic rings. The Morgan fingerprint density at radius 3 is 0.925 bits per heavy atom. The Balaban J connectivity index is 0.000000481. The van der Waals surface area contributed by atoms with Crippen molar-refractivity contribution in [2.75, 3.05) is 104 Å². The molecule has 0 aliphatic carbocycles. The normalized spacial score (nSPS) is 21.0. The van der Waals surface area contributed by atoms with Gasteiger partial charge in [-0.2, -0.15) is 22.0 Å². The molecule has 6 unspecified atom stereocenters. The smallest absolute Gasteiger partial charge is 0.463 e. The van der Waals surface area contributed by atoms with Gasteiger partial charge in [-0.25, -0.2) is 70.7 Å². The van der Waals surface area contributed by atoms with Crippen molar-refractivity contribution in [1.82, 2.24) is 0 Å². The summed E-state index contributed by atoms with van der Waals surface area (Å²) in [5, 5.41) is 0. The van der Waals surface area contributed by atoms with Crippen molar-refractivity contribution in [2.45, 2.75) is 68.0 Å². The van der Waals surface area contributed by atoms with Gasteiger partial charge in [0.2, 0.25) is 36.6 Å². The summed E-state index contributed by atoms with van der Waals surface area (Å²) >= 11 is 10.6. The van der Waals surface area contributed by atoms with Gasteiger partial charge in [-0.05, 0) is 6.42 Å². The molecule has 6 saturated heterocycles. The van der Waals surface area contributed by atoms with Crippen LogP contribution in [0.3, 0.4) is 0 Å². The van der Waals surface area contributed by atoms with Gasteiger partial charge in [-0.15, -0.1) is 23.2 Å². The minimum atomic E-state index is -4.60. The lowest BCUT2D eigenvalue weighted by Crippen LogP contribution is -2.36. The molecular formula is C39H43Cl2F9O30. The first-order valence-corrected chi connectivity index (χ1v) is 22.7. The molecule has 0 radical (unpaired) electrons. The first kappa shape index (κ1) is 70.4. The largest absolute Gasteiger partial charge is 0.509 e. The second-order valence-electron chi connectivity index (χ2n) is 14.0. The third-order valence-electron chi connectivity index (χ3n) is 7.92. The number of carbonyl (C=O) groups is 12. The van der Waals surface area contributed by atoms with Crippen LogP contribution in [0.15, 0.2) is 0 Å². The summed E-state index contributed by atoms with van der Waals surface area (Å²) in [5.41, 5.74) is 0. The SMILES string of the molecule is O=C1OCC(C(=O)OCC(F)(F)C(F)F)O1.O=C1OCC(C(=O)OCC(F)(F)F)O1.O=C1OCC(C(=O)OCCCCl)O1.O=C1OCC(C(=O)OCCCF)O1.O=C1OCC(C(=O)OCCCl)O1.O=C1OCC(C(=O)OCCF)O1. The Bertz CT molecular complexity index is 1990. The average Bonchev–Trinajstić information content (AvgIpc) is 4.30. The summed E-state index contributed by atoms with van der Waals surface area (Å²) in [6, 6.07) is 0. The van der Waals surface area contributed by atoms with Gasteiger partial charge >= 0.3 is 91.3 Å². The predicted molar refractivity (Wildman–Crippen MR) is 223 cm³/mol. The fourth-order valence-corrected chi connectivity index (χ4v) is 4.52. The van der Waals surface area contributed by atoms with Gasteiger partial charge in [0.05, 0.1) is 25.8 Å². The van der Waals surface area contributed by atoms with Crippen LogP contribution >= 0.6 is 23.2 Å². The number of carbonyl (C=O) groups excluding carboxylic acids is 12. The highest BCUT2D eigenvalue weighted by Crippen LogP contribution is 2.24. The highest BCUT2D eigenvalue weighted by Gasteiger charge is 2.44. The summed E-state index contributed by atoms with van der Waals surface area (Å²) in [5.74, 6) is -9.10. The molecule has 6 fully saturated rings. The van der Waals surface area contributed by atoms with Crippen LogP contribution in [0.25, 0.3) is 0 Å². The zero-order chi connectivity index (χ0) is 60.4. The predicted octanol–water partition coefficient (Wildman–Crippen LogP) is 3.05. The maximum absolute atomic E-state index is 12.3. The third kappa shape index (κ3) is 29.9. The Morgan fingerprint density at radius 2 is 0.688 bits per heavy atom. The Labute approximate surface area is 450 Å². The maximum atomic E-state index is 12.3. The summed E-state index contributed by atoms with van der Waals surface area (Å²) < 4.78 is 184. The summed E-state index contributed by atoms with van der Waals surface area (Å²) in [6.07, 6.45) is -20.3. The van der Waals surface area contributed by atoms with E-state index in [0.29, 0.717) is 12.3 Å². The fraction of sp³-hybridized carbons (Fsp3) is 0.692. The first-order chi connectivity index (χ1) is 37.7. The molecule has 6 atom stereocenters. The minimum absolute atomic E-state index is 0.0105. The van der Waals surface area contributed by atoms with Gasteiger partial charge in [0, 0.05) is 12.3 Å². The van der Waals surface area contributed by atoms with Crippen LogP contribution in [-0.4, -0.2) is 232 Å². The van der Waals surface area contributed by atoms with Crippen molar-refractivity contribution in [3.63, 3.8) is 0 Å². The van der Waals surface area contributed by atoms with Gasteiger partial charge in [0.15, 0.2) is 13.2 Å². The summed E-state index contributed by atoms with van der Waals surface area (Å²) in [7, 11) is 0. The number of halogens is 11. The highest BCUT2D eigenvalue weighted by atomic mass is 35.5. The molecule has 0 spiro atoms. The van der Waals surface area contributed by atoms with Crippen LogP contribution in [0.2, 0.25) is 0 Å². The molecule has 6 rings (SSSR count). The lowest BCUT2D eigenvalue weighted by molar-refractivity contribution is -0.190. The van der Waals surface area contributed by atoms with Gasteiger partial charge in [0.25, 0.3) is 0 Å². The minimum Gasteiger partial charge on any atom is -0.463 e. The Hall–Kier alpha value is -7.61. The molecule has 456 valence electrons. The van der Waals surface area contributed by atoms with Gasteiger partial charge in [-0.1, -0.05) is 0 Å². The molecule has 0 amide bonds. The van der Waals surface area contributed by atoms with E-state index < -0.39 is 168 Å². The molecule has 0 aromatic rings. The molecule has 0 saturated carbocycles. The second kappa shape index (κ2) is 37.3. The fourth-order valence-electron chi connectivity index (χ4n) is 4.34. The number of hydrogen-bond acceptors (Lipinski definition) is 30. The number of ether oxygens (including phenoxy) is 18. The third-order valence-corrected chi connectivity index (χ3v) is 8.34. The van der Waals surface area contributed by atoms with Gasteiger partial charge in [-0.3, -0.25) is 4.39 Å². The summed E-state index contributed by atoms with van der Waals surface area (Å²) in [6.45, 7) is -6.15. The van der Waals surface area contributed by atoms with E-state index >= 15 is 0 Å². The van der Waals surface area contributed by atoms with E-state index in [0.717, 1.165) is 0 Å². The van der Waals surface area contributed by atoms with Crippen molar-refractivity contribution in [3.8, 4) is 0 Å². The van der Waals surface area contributed by atoms with Gasteiger partial charge < -0.3 is 85.3 Å². The lowest BCUT2D eigenvalue weighted by atomic mass is 10.3. The molecule has 41 heteroatoms. The molecule has 30 nitrogen and oxygen atoms in total. The topological polar surface area (TPSA) is 371 Å². The lowest BCUT2D eigenvalue weighted by Gasteiger charge is -2.15. The van der Waals surface area contributed by atoms with Crippen LogP contribution in [0.5, 0.6) is 0 Å². The van der Waals surface area contributed by atoms with Crippen molar-refractivity contribution in [3.05, 3.63) is 0 Å². The van der Waals surface area contributed by atoms with E-state index in [1.807, 2.05) is 0 Å². The van der Waals surface area contributed by atoms with Crippen LogP contribution in [0.1, 0.15) is 12.8 Å². The van der Waals surface area contributed by atoms with E-state index in [1.165, 1.54) is 0 Å². The Kier molecular flexibility index (Phi) is 32.8. The van der Waals surface area contributed by atoms with E-state index in [2.05, 4.69) is 80.5 Å². The molecule has 0 aromatic carbocycles. The van der Waals surface area contributed by atoms with Crippen molar-refractivity contribution >= 4 is 95.9 Å². The van der Waals surface area contributed by atoms with Crippen molar-refractivity contribution in [1.29, 1.82) is 0 Å². The molecule has 6 heterocycles. The number of alkyl halides is 11. The molecule has 80 heavy (non-hydrogen) atoms. The second-order valence-corrected chi connectivity index (χ2v) is 14.8. The van der Waals surface area contributed by atoms with Crippen LogP contribution in [0, 0.1) is 0 Å². The molecule has 0 bridgehead atoms. The zero-order valence-electron chi connectivity index (χ0n) is 40.2. The van der Waals surface area contributed by atoms with E-state index in [1.54, 1.807) is 0 Å². The van der Waals surface area contributed by atoms with Gasteiger partial charge in [0.1, 0.15) is 59.5 Å². The number of hydrogen-bond donors (Lipinski definition) is 0. The van der Waals surface area contributed by atoms with E-state index in [4.69, 9.17) is 27.9 Å². The molecule has 6 aliphatic heterocycles. The van der Waals surface area contributed by atoms with Crippen molar-refractivity contribution < 1.29 is 182 Å². The quantitative estimate of drug-likeness (QED) is 0.0555. The number of rotatable bonds is 20. The van der Waals surface area contributed by atoms with Crippen LogP contribution in [-0.2, 0) is 114 Å². The molecule has 0 aromatic heterocycles. The summed E-state index contributed by atoms with van der Waals surface area (Å²) in [4.78, 5) is 127. The van der Waals surface area contributed by atoms with E-state index in [-0.39, 0.29) is 65.2 Å². The first-order valence-electron chi connectivity index (χ1n) is 21.6. The highest BCUT2D eigenvalue weighted by molar-refractivity contribution is 6.18. The molecule has 0 N–H and O–H groups in total. The number of esters is 6. The van der Waals surface area contributed by atoms with E-state index in [9.17, 15) is 97.0 Å².